The number of carbonyl (C=O) groups excluding carboxylic acids is 1. The molecule has 2 atom stereocenters. The Bertz CT molecular complexity index is 846. The zero-order valence-electron chi connectivity index (χ0n) is 15.2. The number of carbonyl (C=O) groups is 1. The van der Waals surface area contributed by atoms with Gasteiger partial charge in [0.2, 0.25) is 6.79 Å². The Morgan fingerprint density at radius 1 is 1.11 bits per heavy atom. The number of hydrogen-bond donors (Lipinski definition) is 1. The lowest BCUT2D eigenvalue weighted by molar-refractivity contribution is -0.00521. The number of anilines is 2. The SMILES string of the molecule is CC1CN(c2ccc(NC(=O)c3cc(Cl)c4c(c3)OCO4)cc2)CC(C)O1. The normalized spacial score (nSPS) is 21.2. The summed E-state index contributed by atoms with van der Waals surface area (Å²) in [6, 6.07) is 11.0. The Hall–Kier alpha value is -2.44. The van der Waals surface area contributed by atoms with Crippen LogP contribution in [0.5, 0.6) is 11.5 Å². The van der Waals surface area contributed by atoms with Crippen LogP contribution in [-0.2, 0) is 4.74 Å². The highest BCUT2D eigenvalue weighted by atomic mass is 35.5. The Labute approximate surface area is 163 Å². The third kappa shape index (κ3) is 3.82. The molecule has 2 heterocycles. The fourth-order valence-corrected chi connectivity index (χ4v) is 3.71. The molecule has 0 radical (unpaired) electrons. The van der Waals surface area contributed by atoms with Gasteiger partial charge in [-0.3, -0.25) is 4.79 Å². The molecule has 6 nitrogen and oxygen atoms in total. The number of hydrogen-bond acceptors (Lipinski definition) is 5. The van der Waals surface area contributed by atoms with E-state index in [1.807, 2.05) is 24.3 Å². The third-order valence-corrected chi connectivity index (χ3v) is 4.88. The van der Waals surface area contributed by atoms with Gasteiger partial charge in [-0.2, -0.15) is 0 Å². The number of amides is 1. The average Bonchev–Trinajstić information content (AvgIpc) is 3.11. The fraction of sp³-hybridized carbons (Fsp3) is 0.350. The predicted molar refractivity (Wildman–Crippen MR) is 104 cm³/mol. The minimum absolute atomic E-state index is 0.111. The third-order valence-electron chi connectivity index (χ3n) is 4.60. The van der Waals surface area contributed by atoms with Gasteiger partial charge < -0.3 is 24.4 Å². The highest BCUT2D eigenvalue weighted by molar-refractivity contribution is 6.32. The summed E-state index contributed by atoms with van der Waals surface area (Å²) in [5.74, 6) is 0.710. The lowest BCUT2D eigenvalue weighted by atomic mass is 10.1. The van der Waals surface area contributed by atoms with Gasteiger partial charge in [0.05, 0.1) is 17.2 Å². The van der Waals surface area contributed by atoms with E-state index in [0.29, 0.717) is 27.8 Å². The van der Waals surface area contributed by atoms with E-state index in [1.165, 1.54) is 0 Å². The molecule has 0 aromatic heterocycles. The number of morpholine rings is 1. The van der Waals surface area contributed by atoms with Crippen molar-refractivity contribution >= 4 is 28.9 Å². The largest absolute Gasteiger partial charge is 0.454 e. The van der Waals surface area contributed by atoms with Gasteiger partial charge in [-0.05, 0) is 50.2 Å². The van der Waals surface area contributed by atoms with Crippen LogP contribution in [0, 0.1) is 0 Å². The molecule has 142 valence electrons. The first kappa shape index (κ1) is 17.9. The Kier molecular flexibility index (Phi) is 4.85. The molecular formula is C20H21ClN2O4. The monoisotopic (exact) mass is 388 g/mol. The first-order valence-electron chi connectivity index (χ1n) is 8.90. The number of halogens is 1. The van der Waals surface area contributed by atoms with Crippen molar-refractivity contribution in [2.45, 2.75) is 26.1 Å². The van der Waals surface area contributed by atoms with Crippen molar-refractivity contribution in [1.29, 1.82) is 0 Å². The van der Waals surface area contributed by atoms with Gasteiger partial charge in [-0.1, -0.05) is 11.6 Å². The lowest BCUT2D eigenvalue weighted by Gasteiger charge is -2.36. The van der Waals surface area contributed by atoms with Gasteiger partial charge in [-0.25, -0.2) is 0 Å². The van der Waals surface area contributed by atoms with Crippen LogP contribution in [0.15, 0.2) is 36.4 Å². The predicted octanol–water partition coefficient (Wildman–Crippen LogP) is 3.93. The van der Waals surface area contributed by atoms with Gasteiger partial charge in [0.25, 0.3) is 5.91 Å². The van der Waals surface area contributed by atoms with Crippen LogP contribution in [0.1, 0.15) is 24.2 Å². The molecule has 0 spiro atoms. The quantitative estimate of drug-likeness (QED) is 0.863. The molecule has 2 aliphatic heterocycles. The van der Waals surface area contributed by atoms with E-state index in [2.05, 4.69) is 24.1 Å². The molecule has 2 aliphatic rings. The molecule has 1 N–H and O–H groups in total. The van der Waals surface area contributed by atoms with Crippen molar-refractivity contribution in [1.82, 2.24) is 0 Å². The number of ether oxygens (including phenoxy) is 3. The molecule has 2 aromatic carbocycles. The van der Waals surface area contributed by atoms with Gasteiger partial charge in [0.15, 0.2) is 11.5 Å². The highest BCUT2D eigenvalue weighted by Gasteiger charge is 2.23. The van der Waals surface area contributed by atoms with Gasteiger partial charge >= 0.3 is 0 Å². The molecule has 0 bridgehead atoms. The summed E-state index contributed by atoms with van der Waals surface area (Å²) in [5, 5.41) is 3.25. The lowest BCUT2D eigenvalue weighted by Crippen LogP contribution is -2.45. The molecule has 7 heteroatoms. The standard InChI is InChI=1S/C20H21ClN2O4/c1-12-9-23(10-13(2)27-12)16-5-3-15(4-6-16)22-20(24)14-7-17(21)19-18(8-14)25-11-26-19/h3-8,12-13H,9-11H2,1-2H3,(H,22,24). The van der Waals surface area contributed by atoms with Crippen LogP contribution in [0.3, 0.4) is 0 Å². The number of fused-ring (bicyclic) bond motifs is 1. The first-order valence-corrected chi connectivity index (χ1v) is 9.28. The van der Waals surface area contributed by atoms with E-state index in [4.69, 9.17) is 25.8 Å². The topological polar surface area (TPSA) is 60.0 Å². The number of nitrogens with zero attached hydrogens (tertiary/aromatic N) is 1. The fourth-order valence-electron chi connectivity index (χ4n) is 3.45. The van der Waals surface area contributed by atoms with Crippen LogP contribution in [0.25, 0.3) is 0 Å². The molecule has 27 heavy (non-hydrogen) atoms. The minimum Gasteiger partial charge on any atom is -0.454 e. The smallest absolute Gasteiger partial charge is 0.255 e. The summed E-state index contributed by atoms with van der Waals surface area (Å²) in [4.78, 5) is 14.8. The van der Waals surface area contributed by atoms with Crippen LogP contribution in [-0.4, -0.2) is 38.0 Å². The van der Waals surface area contributed by atoms with E-state index < -0.39 is 0 Å². The van der Waals surface area contributed by atoms with E-state index >= 15 is 0 Å². The number of nitrogens with one attached hydrogen (secondary N) is 1. The molecule has 0 saturated carbocycles. The zero-order valence-corrected chi connectivity index (χ0v) is 16.0. The number of benzene rings is 2. The highest BCUT2D eigenvalue weighted by Crippen LogP contribution is 2.39. The molecular weight excluding hydrogens is 368 g/mol. The van der Waals surface area contributed by atoms with Gasteiger partial charge in [0.1, 0.15) is 0 Å². The molecule has 4 rings (SSSR count). The van der Waals surface area contributed by atoms with Crippen molar-refractivity contribution in [3.05, 3.63) is 47.0 Å². The van der Waals surface area contributed by atoms with Crippen molar-refractivity contribution in [3.8, 4) is 11.5 Å². The van der Waals surface area contributed by atoms with Crippen LogP contribution >= 0.6 is 11.6 Å². The van der Waals surface area contributed by atoms with Crippen molar-refractivity contribution in [3.63, 3.8) is 0 Å². The molecule has 2 unspecified atom stereocenters. The first-order chi connectivity index (χ1) is 13.0. The molecule has 1 amide bonds. The molecule has 2 aromatic rings. The molecule has 0 aliphatic carbocycles. The van der Waals surface area contributed by atoms with Gasteiger partial charge in [-0.15, -0.1) is 0 Å². The minimum atomic E-state index is -0.253. The van der Waals surface area contributed by atoms with Crippen molar-refractivity contribution in [2.24, 2.45) is 0 Å². The maximum atomic E-state index is 12.5. The summed E-state index contributed by atoms with van der Waals surface area (Å²) >= 11 is 6.15. The maximum Gasteiger partial charge on any atom is 0.255 e. The van der Waals surface area contributed by atoms with E-state index in [0.717, 1.165) is 18.8 Å². The summed E-state index contributed by atoms with van der Waals surface area (Å²) < 4.78 is 16.4. The summed E-state index contributed by atoms with van der Waals surface area (Å²) in [7, 11) is 0. The van der Waals surface area contributed by atoms with Gasteiger partial charge in [0, 0.05) is 30.0 Å². The van der Waals surface area contributed by atoms with Crippen LogP contribution in [0.4, 0.5) is 11.4 Å². The van der Waals surface area contributed by atoms with E-state index in [1.54, 1.807) is 12.1 Å². The van der Waals surface area contributed by atoms with Crippen LogP contribution in [0.2, 0.25) is 5.02 Å². The number of rotatable bonds is 3. The second-order valence-electron chi connectivity index (χ2n) is 6.86. The Morgan fingerprint density at radius 2 is 1.81 bits per heavy atom. The summed E-state index contributed by atoms with van der Waals surface area (Å²) in [6.45, 7) is 5.97. The zero-order chi connectivity index (χ0) is 19.0. The summed E-state index contributed by atoms with van der Waals surface area (Å²) in [5.41, 5.74) is 2.25. The van der Waals surface area contributed by atoms with Crippen molar-refractivity contribution in [2.75, 3.05) is 30.1 Å². The second-order valence-corrected chi connectivity index (χ2v) is 7.26. The van der Waals surface area contributed by atoms with E-state index in [9.17, 15) is 4.79 Å². The summed E-state index contributed by atoms with van der Waals surface area (Å²) in [6.07, 6.45) is 0.396. The molecule has 1 fully saturated rings. The Morgan fingerprint density at radius 3 is 2.52 bits per heavy atom. The van der Waals surface area contributed by atoms with E-state index in [-0.39, 0.29) is 24.9 Å². The van der Waals surface area contributed by atoms with Crippen molar-refractivity contribution < 1.29 is 19.0 Å². The average molecular weight is 389 g/mol. The Balaban J connectivity index is 1.46. The maximum absolute atomic E-state index is 12.5. The second kappa shape index (κ2) is 7.29. The van der Waals surface area contributed by atoms with Crippen LogP contribution < -0.4 is 19.7 Å². The molecule has 1 saturated heterocycles.